The van der Waals surface area contributed by atoms with Gasteiger partial charge in [0.15, 0.2) is 0 Å². The second-order valence-corrected chi connectivity index (χ2v) is 13.4. The molecule has 0 fully saturated rings. The van der Waals surface area contributed by atoms with Crippen molar-refractivity contribution in [1.82, 2.24) is 0 Å². The second kappa shape index (κ2) is 4.08. The molecule has 0 aliphatic carbocycles. The molecule has 0 aromatic rings. The first kappa shape index (κ1) is 10.1. The van der Waals surface area contributed by atoms with Gasteiger partial charge in [-0.25, -0.2) is 0 Å². The molecule has 0 aromatic carbocycles. The molecule has 0 unspecified atom stereocenters. The summed E-state index contributed by atoms with van der Waals surface area (Å²) in [6.45, 7) is 8.75. The van der Waals surface area contributed by atoms with E-state index in [2.05, 4.69) is 19.6 Å². The highest BCUT2D eigenvalue weighted by molar-refractivity contribution is 7.24. The fraction of sp³-hybridized carbons (Fsp3) is 0.857. The van der Waals surface area contributed by atoms with Crippen molar-refractivity contribution in [2.75, 3.05) is 0 Å². The van der Waals surface area contributed by atoms with Gasteiger partial charge in [-0.3, -0.25) is 0 Å². The van der Waals surface area contributed by atoms with E-state index in [1.807, 2.05) is 6.92 Å². The molecule has 0 rings (SSSR count). The first-order valence-corrected chi connectivity index (χ1v) is 9.43. The zero-order valence-electron chi connectivity index (χ0n) is 7.32. The quantitative estimate of drug-likeness (QED) is 0.592. The van der Waals surface area contributed by atoms with Crippen molar-refractivity contribution < 1.29 is 4.79 Å². The van der Waals surface area contributed by atoms with E-state index in [1.54, 1.807) is 0 Å². The highest BCUT2D eigenvalue weighted by atomic mass is 29.2. The molecular formula is C7H16OSi2. The first-order chi connectivity index (χ1) is 4.52. The molecule has 0 aliphatic heterocycles. The largest absolute Gasteiger partial charge is 0.300 e. The highest BCUT2D eigenvalue weighted by Crippen LogP contribution is 2.08. The number of hydrogen-bond acceptors (Lipinski definition) is 1. The Hall–Kier alpha value is 0.104. The van der Waals surface area contributed by atoms with Crippen LogP contribution in [0.5, 0.6) is 0 Å². The maximum atomic E-state index is 11.0. The second-order valence-electron chi connectivity index (χ2n) is 3.20. The van der Waals surface area contributed by atoms with Gasteiger partial charge in [0, 0.05) is 23.0 Å². The maximum Gasteiger partial charge on any atom is 0.129 e. The van der Waals surface area contributed by atoms with E-state index >= 15 is 0 Å². The van der Waals surface area contributed by atoms with Crippen LogP contribution in [-0.2, 0) is 4.79 Å². The van der Waals surface area contributed by atoms with Crippen LogP contribution >= 0.6 is 0 Å². The number of Topliss-reactive ketones (excluding diaryl/α,β-unsaturated/α-hetero) is 1. The van der Waals surface area contributed by atoms with Crippen molar-refractivity contribution in [3.63, 3.8) is 0 Å². The van der Waals surface area contributed by atoms with Crippen LogP contribution in [0.2, 0.25) is 25.7 Å². The lowest BCUT2D eigenvalue weighted by Crippen LogP contribution is -2.34. The van der Waals surface area contributed by atoms with Gasteiger partial charge in [0.1, 0.15) is 5.78 Å². The number of rotatable bonds is 4. The molecule has 10 heavy (non-hydrogen) atoms. The normalized spacial score (nSPS) is 11.6. The van der Waals surface area contributed by atoms with Crippen LogP contribution in [0.4, 0.5) is 0 Å². The Labute approximate surface area is 66.8 Å². The third kappa shape index (κ3) is 4.01. The van der Waals surface area contributed by atoms with Gasteiger partial charge in [-0.2, -0.15) is 0 Å². The average Bonchev–Trinajstić information content (AvgIpc) is 1.87. The van der Waals surface area contributed by atoms with E-state index in [-0.39, 0.29) is 0 Å². The topological polar surface area (TPSA) is 17.1 Å². The van der Waals surface area contributed by atoms with Crippen LogP contribution in [0.25, 0.3) is 0 Å². The standard InChI is InChI=1S/C7H16OSi2/c1-5-7(8)6-10(3,4)9-2/h5-6H2,1-4H3. The van der Waals surface area contributed by atoms with E-state index in [0.717, 1.165) is 21.5 Å². The van der Waals surface area contributed by atoms with Crippen molar-refractivity contribution >= 4 is 22.4 Å². The van der Waals surface area contributed by atoms with Crippen molar-refractivity contribution in [3.8, 4) is 0 Å². The van der Waals surface area contributed by atoms with Crippen molar-refractivity contribution in [2.45, 2.75) is 39.0 Å². The van der Waals surface area contributed by atoms with Gasteiger partial charge in [-0.05, 0) is 6.04 Å². The minimum Gasteiger partial charge on any atom is -0.300 e. The maximum absolute atomic E-state index is 11.0. The smallest absolute Gasteiger partial charge is 0.129 e. The van der Waals surface area contributed by atoms with Gasteiger partial charge < -0.3 is 4.79 Å². The van der Waals surface area contributed by atoms with Crippen LogP contribution in [0, 0.1) is 0 Å². The molecule has 3 heteroatoms. The van der Waals surface area contributed by atoms with Crippen LogP contribution in [0.3, 0.4) is 0 Å². The summed E-state index contributed by atoms with van der Waals surface area (Å²) in [5.41, 5.74) is 0. The monoisotopic (exact) mass is 172 g/mol. The predicted octanol–water partition coefficient (Wildman–Crippen LogP) is 1.92. The summed E-state index contributed by atoms with van der Waals surface area (Å²) in [4.78, 5) is 11.0. The molecule has 0 saturated carbocycles. The number of ketones is 1. The lowest BCUT2D eigenvalue weighted by atomic mass is 10.4. The lowest BCUT2D eigenvalue weighted by Gasteiger charge is -2.17. The Morgan fingerprint density at radius 3 is 2.30 bits per heavy atom. The van der Waals surface area contributed by atoms with E-state index in [0.29, 0.717) is 5.78 Å². The summed E-state index contributed by atoms with van der Waals surface area (Å²) < 4.78 is 0. The number of carbonyl (C=O) groups is 1. The number of hydrogen-bond donors (Lipinski definition) is 0. The predicted molar refractivity (Wildman–Crippen MR) is 49.2 cm³/mol. The summed E-state index contributed by atoms with van der Waals surface area (Å²) in [5.74, 6) is 0.450. The molecule has 0 N–H and O–H groups in total. The zero-order valence-corrected chi connectivity index (χ0v) is 9.32. The molecule has 0 atom stereocenters. The Kier molecular flexibility index (Phi) is 4.12. The molecule has 0 bridgehead atoms. The molecular weight excluding hydrogens is 156 g/mol. The summed E-state index contributed by atoms with van der Waals surface area (Å²) >= 11 is 0. The lowest BCUT2D eigenvalue weighted by molar-refractivity contribution is -0.116. The molecule has 1 nitrogen and oxygen atoms in total. The van der Waals surface area contributed by atoms with Gasteiger partial charge >= 0.3 is 0 Å². The average molecular weight is 172 g/mol. The van der Waals surface area contributed by atoms with Crippen LogP contribution in [0.15, 0.2) is 0 Å². The van der Waals surface area contributed by atoms with E-state index in [4.69, 9.17) is 0 Å². The molecule has 58 valence electrons. The van der Waals surface area contributed by atoms with Gasteiger partial charge in [-0.1, -0.05) is 26.6 Å². The molecule has 0 aromatic heterocycles. The Bertz CT molecular complexity index is 121. The Balaban J connectivity index is 3.76. The van der Waals surface area contributed by atoms with Gasteiger partial charge in [0.05, 0.1) is 0 Å². The first-order valence-electron chi connectivity index (χ1n) is 3.72. The van der Waals surface area contributed by atoms with E-state index in [9.17, 15) is 4.79 Å². The van der Waals surface area contributed by atoms with Gasteiger partial charge in [0.2, 0.25) is 0 Å². The van der Waals surface area contributed by atoms with Crippen LogP contribution in [0.1, 0.15) is 13.3 Å². The van der Waals surface area contributed by atoms with E-state index < -0.39 is 7.59 Å². The Morgan fingerprint density at radius 1 is 1.50 bits per heavy atom. The van der Waals surface area contributed by atoms with Gasteiger partial charge in [0.25, 0.3) is 0 Å². The summed E-state index contributed by atoms with van der Waals surface area (Å²) in [5, 5.41) is 0. The third-order valence-electron chi connectivity index (χ3n) is 1.71. The molecule has 0 saturated heterocycles. The van der Waals surface area contributed by atoms with Crippen LogP contribution < -0.4 is 0 Å². The fourth-order valence-electron chi connectivity index (χ4n) is 0.706. The summed E-state index contributed by atoms with van der Waals surface area (Å²) in [6.07, 6.45) is 0.723. The summed E-state index contributed by atoms with van der Waals surface area (Å²) in [7, 11) is -0.0847. The highest BCUT2D eigenvalue weighted by Gasteiger charge is 2.20. The van der Waals surface area contributed by atoms with Crippen molar-refractivity contribution in [2.24, 2.45) is 0 Å². The van der Waals surface area contributed by atoms with Crippen LogP contribution in [-0.4, -0.2) is 22.4 Å². The van der Waals surface area contributed by atoms with E-state index in [1.165, 1.54) is 0 Å². The zero-order chi connectivity index (χ0) is 8.20. The minimum atomic E-state index is -1.08. The van der Waals surface area contributed by atoms with Crippen molar-refractivity contribution in [1.29, 1.82) is 0 Å². The third-order valence-corrected chi connectivity index (χ3v) is 8.93. The molecule has 2 radical (unpaired) electrons. The minimum absolute atomic E-state index is 0.450. The summed E-state index contributed by atoms with van der Waals surface area (Å²) in [6, 6.07) is 0.887. The van der Waals surface area contributed by atoms with Gasteiger partial charge in [-0.15, -0.1) is 0 Å². The molecule has 0 spiro atoms. The SMILES string of the molecule is CCC(=O)C[Si](C)(C)[Si]C. The number of carbonyl (C=O) groups excluding carboxylic acids is 1. The van der Waals surface area contributed by atoms with Crippen molar-refractivity contribution in [3.05, 3.63) is 0 Å². The fourth-order valence-corrected chi connectivity index (χ4v) is 3.24. The molecule has 0 amide bonds. The molecule has 0 aliphatic rings. The Morgan fingerprint density at radius 2 is 2.00 bits per heavy atom. The molecule has 0 heterocycles.